The van der Waals surface area contributed by atoms with Crippen LogP contribution in [0, 0.1) is 5.92 Å². The molecule has 2 aromatic carbocycles. The number of likely N-dealkylation sites (tertiary alicyclic amines) is 1. The fourth-order valence-corrected chi connectivity index (χ4v) is 4.48. The molecule has 0 atom stereocenters. The number of hydrogen-bond acceptors (Lipinski definition) is 4. The Morgan fingerprint density at radius 3 is 2.38 bits per heavy atom. The number of nitrogens with zero attached hydrogens (tertiary/aromatic N) is 2. The van der Waals surface area contributed by atoms with Crippen molar-refractivity contribution in [3.8, 4) is 5.75 Å². The normalized spacial score (nSPS) is 14.1. The van der Waals surface area contributed by atoms with Crippen molar-refractivity contribution in [2.45, 2.75) is 32.2 Å². The Bertz CT molecular complexity index is 1040. The van der Waals surface area contributed by atoms with E-state index < -0.39 is 0 Å². The van der Waals surface area contributed by atoms with Crippen LogP contribution < -0.4 is 4.74 Å². The third kappa shape index (κ3) is 6.28. The largest absolute Gasteiger partial charge is 0.497 e. The number of hydrogen-bond donors (Lipinski definition) is 0. The first kappa shape index (κ1) is 23.6. The molecule has 2 heterocycles. The van der Waals surface area contributed by atoms with Crippen LogP contribution in [-0.2, 0) is 17.8 Å². The first-order valence-corrected chi connectivity index (χ1v) is 11.9. The molecule has 0 saturated carbocycles. The molecule has 2 amide bonds. The number of carbonyl (C=O) groups is 2. The van der Waals surface area contributed by atoms with E-state index in [1.807, 2.05) is 17.0 Å². The third-order valence-electron chi connectivity index (χ3n) is 6.48. The van der Waals surface area contributed by atoms with E-state index in [1.165, 1.54) is 5.56 Å². The highest BCUT2D eigenvalue weighted by molar-refractivity contribution is 5.94. The van der Waals surface area contributed by atoms with Gasteiger partial charge in [-0.3, -0.25) is 9.59 Å². The topological polar surface area (TPSA) is 63.0 Å². The van der Waals surface area contributed by atoms with E-state index in [4.69, 9.17) is 9.15 Å². The summed E-state index contributed by atoms with van der Waals surface area (Å²) in [4.78, 5) is 29.8. The van der Waals surface area contributed by atoms with Crippen molar-refractivity contribution in [2.24, 2.45) is 5.92 Å². The van der Waals surface area contributed by atoms with Gasteiger partial charge in [-0.25, -0.2) is 0 Å². The first-order chi connectivity index (χ1) is 16.6. The van der Waals surface area contributed by atoms with Gasteiger partial charge in [0.05, 0.1) is 19.9 Å². The molecule has 1 fully saturated rings. The molecule has 178 valence electrons. The van der Waals surface area contributed by atoms with Crippen LogP contribution in [0.1, 0.15) is 40.9 Å². The van der Waals surface area contributed by atoms with Crippen LogP contribution in [0.25, 0.3) is 0 Å². The monoisotopic (exact) mass is 460 g/mol. The highest BCUT2D eigenvalue weighted by atomic mass is 16.5. The zero-order chi connectivity index (χ0) is 23.8. The number of benzene rings is 2. The lowest BCUT2D eigenvalue weighted by atomic mass is 9.90. The zero-order valence-corrected chi connectivity index (χ0v) is 19.7. The number of rotatable bonds is 9. The molecule has 1 saturated heterocycles. The van der Waals surface area contributed by atoms with E-state index in [0.29, 0.717) is 42.5 Å². The Morgan fingerprint density at radius 1 is 1.00 bits per heavy atom. The molecule has 3 aromatic rings. The van der Waals surface area contributed by atoms with Gasteiger partial charge in [-0.05, 0) is 67.1 Å². The summed E-state index contributed by atoms with van der Waals surface area (Å²) < 4.78 is 10.7. The summed E-state index contributed by atoms with van der Waals surface area (Å²) >= 11 is 0. The summed E-state index contributed by atoms with van der Waals surface area (Å²) in [6.45, 7) is 2.22. The minimum atomic E-state index is -0.131. The predicted molar refractivity (Wildman–Crippen MR) is 131 cm³/mol. The fraction of sp³-hybridized carbons (Fsp3) is 0.357. The van der Waals surface area contributed by atoms with Crippen molar-refractivity contribution < 1.29 is 18.7 Å². The summed E-state index contributed by atoms with van der Waals surface area (Å²) in [5.41, 5.74) is 1.92. The van der Waals surface area contributed by atoms with Crippen LogP contribution in [0.15, 0.2) is 77.4 Å². The lowest BCUT2D eigenvalue weighted by Gasteiger charge is -2.33. The molecule has 1 aromatic heterocycles. The van der Waals surface area contributed by atoms with Crippen LogP contribution in [-0.4, -0.2) is 48.4 Å². The summed E-state index contributed by atoms with van der Waals surface area (Å²) in [7, 11) is 1.59. The Hall–Kier alpha value is -3.54. The standard InChI is InChI=1S/C28H32N2O4/c1-33-25-11-9-24(10-12-25)28(32)30(21-26-8-5-19-34-26)18-15-27(31)29-16-13-23(14-17-29)20-22-6-3-2-4-7-22/h2-12,19,23H,13-18,20-21H2,1H3. The summed E-state index contributed by atoms with van der Waals surface area (Å²) in [6, 6.07) is 21.2. The molecule has 6 nitrogen and oxygen atoms in total. The fourth-order valence-electron chi connectivity index (χ4n) is 4.48. The molecule has 0 N–H and O–H groups in total. The van der Waals surface area contributed by atoms with Crippen LogP contribution in [0.4, 0.5) is 0 Å². The van der Waals surface area contributed by atoms with Crippen molar-refractivity contribution in [3.05, 3.63) is 89.9 Å². The molecular formula is C28H32N2O4. The Kier molecular flexibility index (Phi) is 8.02. The molecule has 1 aliphatic rings. The van der Waals surface area contributed by atoms with Gasteiger partial charge >= 0.3 is 0 Å². The van der Waals surface area contributed by atoms with E-state index in [1.54, 1.807) is 48.6 Å². The second-order valence-corrected chi connectivity index (χ2v) is 8.80. The molecule has 34 heavy (non-hydrogen) atoms. The SMILES string of the molecule is COc1ccc(C(=O)N(CCC(=O)N2CCC(Cc3ccccc3)CC2)Cc2ccco2)cc1. The maximum atomic E-state index is 13.2. The van der Waals surface area contributed by atoms with Crippen molar-refractivity contribution in [1.29, 1.82) is 0 Å². The van der Waals surface area contributed by atoms with Crippen molar-refractivity contribution in [1.82, 2.24) is 9.80 Å². The van der Waals surface area contributed by atoms with Gasteiger partial charge in [0, 0.05) is 31.6 Å². The van der Waals surface area contributed by atoms with Gasteiger partial charge in [-0.2, -0.15) is 0 Å². The number of carbonyl (C=O) groups excluding carboxylic acids is 2. The number of furan rings is 1. The van der Waals surface area contributed by atoms with E-state index in [-0.39, 0.29) is 11.8 Å². The third-order valence-corrected chi connectivity index (χ3v) is 6.48. The van der Waals surface area contributed by atoms with Crippen LogP contribution in [0.2, 0.25) is 0 Å². The van der Waals surface area contributed by atoms with Crippen LogP contribution >= 0.6 is 0 Å². The van der Waals surface area contributed by atoms with Gasteiger partial charge in [0.25, 0.3) is 5.91 Å². The summed E-state index contributed by atoms with van der Waals surface area (Å²) in [6.07, 6.45) is 4.99. The number of piperidine rings is 1. The van der Waals surface area contributed by atoms with E-state index in [9.17, 15) is 9.59 Å². The van der Waals surface area contributed by atoms with Crippen molar-refractivity contribution in [2.75, 3.05) is 26.7 Å². The van der Waals surface area contributed by atoms with Gasteiger partial charge in [0.2, 0.25) is 5.91 Å². The zero-order valence-electron chi connectivity index (χ0n) is 19.7. The van der Waals surface area contributed by atoms with Crippen molar-refractivity contribution in [3.63, 3.8) is 0 Å². The molecule has 0 radical (unpaired) electrons. The Balaban J connectivity index is 1.32. The van der Waals surface area contributed by atoms with Gasteiger partial charge < -0.3 is 19.0 Å². The number of ether oxygens (including phenoxy) is 1. The minimum Gasteiger partial charge on any atom is -0.497 e. The molecule has 4 rings (SSSR count). The number of methoxy groups -OCH3 is 1. The van der Waals surface area contributed by atoms with Crippen LogP contribution in [0.5, 0.6) is 5.75 Å². The first-order valence-electron chi connectivity index (χ1n) is 11.9. The molecule has 0 spiro atoms. The molecule has 0 bridgehead atoms. The minimum absolute atomic E-state index is 0.102. The molecule has 0 aliphatic carbocycles. The smallest absolute Gasteiger partial charge is 0.254 e. The van der Waals surface area contributed by atoms with Gasteiger partial charge in [0.1, 0.15) is 11.5 Å². The molecular weight excluding hydrogens is 428 g/mol. The maximum absolute atomic E-state index is 13.2. The highest BCUT2D eigenvalue weighted by Crippen LogP contribution is 2.22. The summed E-state index contributed by atoms with van der Waals surface area (Å²) in [5, 5.41) is 0. The highest BCUT2D eigenvalue weighted by Gasteiger charge is 2.25. The quantitative estimate of drug-likeness (QED) is 0.460. The predicted octanol–water partition coefficient (Wildman–Crippen LogP) is 4.80. The summed E-state index contributed by atoms with van der Waals surface area (Å²) in [5.74, 6) is 1.97. The van der Waals surface area contributed by atoms with Crippen molar-refractivity contribution >= 4 is 11.8 Å². The lowest BCUT2D eigenvalue weighted by molar-refractivity contribution is -0.132. The lowest BCUT2D eigenvalue weighted by Crippen LogP contribution is -2.41. The Morgan fingerprint density at radius 2 is 1.74 bits per heavy atom. The molecule has 6 heteroatoms. The van der Waals surface area contributed by atoms with Crippen LogP contribution in [0.3, 0.4) is 0 Å². The maximum Gasteiger partial charge on any atom is 0.254 e. The van der Waals surface area contributed by atoms with Gasteiger partial charge in [-0.15, -0.1) is 0 Å². The van der Waals surface area contributed by atoms with Gasteiger partial charge in [-0.1, -0.05) is 30.3 Å². The van der Waals surface area contributed by atoms with E-state index >= 15 is 0 Å². The van der Waals surface area contributed by atoms with E-state index in [0.717, 1.165) is 32.4 Å². The average Bonchev–Trinajstić information content (AvgIpc) is 3.40. The molecule has 1 aliphatic heterocycles. The Labute approximate surface area is 201 Å². The molecule has 0 unspecified atom stereocenters. The second kappa shape index (κ2) is 11.5. The second-order valence-electron chi connectivity index (χ2n) is 8.80. The van der Waals surface area contributed by atoms with Gasteiger partial charge in [0.15, 0.2) is 0 Å². The number of amides is 2. The average molecular weight is 461 g/mol. The van der Waals surface area contributed by atoms with E-state index in [2.05, 4.69) is 24.3 Å².